The SMILES string of the molecule is Nc1cc(OC(=O)C(Br)Br)cc2ccccc12. The fourth-order valence-corrected chi connectivity index (χ4v) is 1.72. The summed E-state index contributed by atoms with van der Waals surface area (Å²) in [4.78, 5) is 11.4. The Balaban J connectivity index is 2.40. The van der Waals surface area contributed by atoms with Gasteiger partial charge in [-0.3, -0.25) is 0 Å². The fourth-order valence-electron chi connectivity index (χ4n) is 1.53. The Kier molecular flexibility index (Phi) is 3.69. The predicted octanol–water partition coefficient (Wildman–Crippen LogP) is 3.44. The summed E-state index contributed by atoms with van der Waals surface area (Å²) in [7, 11) is 0. The van der Waals surface area contributed by atoms with Crippen LogP contribution in [-0.2, 0) is 4.79 Å². The van der Waals surface area contributed by atoms with Gasteiger partial charge in [-0.05, 0) is 11.5 Å². The van der Waals surface area contributed by atoms with E-state index in [4.69, 9.17) is 10.5 Å². The Morgan fingerprint density at radius 1 is 1.24 bits per heavy atom. The highest BCUT2D eigenvalue weighted by Crippen LogP contribution is 2.27. The number of esters is 1. The Bertz CT molecular complexity index is 569. The minimum absolute atomic E-state index is 0.417. The van der Waals surface area contributed by atoms with E-state index < -0.39 is 9.71 Å². The smallest absolute Gasteiger partial charge is 0.336 e. The second-order valence-corrected chi connectivity index (χ2v) is 6.52. The zero-order valence-corrected chi connectivity index (χ0v) is 11.9. The van der Waals surface area contributed by atoms with E-state index in [9.17, 15) is 4.79 Å². The van der Waals surface area contributed by atoms with E-state index in [0.717, 1.165) is 10.8 Å². The van der Waals surface area contributed by atoms with Gasteiger partial charge < -0.3 is 10.5 Å². The lowest BCUT2D eigenvalue weighted by Gasteiger charge is -2.08. The summed E-state index contributed by atoms with van der Waals surface area (Å²) in [5.41, 5.74) is 6.48. The number of carbonyl (C=O) groups is 1. The molecule has 3 nitrogen and oxygen atoms in total. The third kappa shape index (κ3) is 2.79. The van der Waals surface area contributed by atoms with Gasteiger partial charge in [-0.1, -0.05) is 56.1 Å². The molecule has 2 aromatic rings. The third-order valence-electron chi connectivity index (χ3n) is 2.26. The van der Waals surface area contributed by atoms with Crippen molar-refractivity contribution in [1.82, 2.24) is 0 Å². The standard InChI is InChI=1S/C12H9Br2NO2/c13-11(14)12(16)17-8-5-7-3-1-2-4-9(7)10(15)6-8/h1-6,11H,15H2. The van der Waals surface area contributed by atoms with Gasteiger partial charge in [0.15, 0.2) is 3.74 Å². The maximum Gasteiger partial charge on any atom is 0.336 e. The van der Waals surface area contributed by atoms with E-state index >= 15 is 0 Å². The van der Waals surface area contributed by atoms with Crippen molar-refractivity contribution in [2.75, 3.05) is 5.73 Å². The Morgan fingerprint density at radius 2 is 1.94 bits per heavy atom. The molecule has 88 valence electrons. The second kappa shape index (κ2) is 5.06. The highest BCUT2D eigenvalue weighted by molar-refractivity contribution is 9.25. The molecule has 0 bridgehead atoms. The quantitative estimate of drug-likeness (QED) is 0.387. The summed E-state index contributed by atoms with van der Waals surface area (Å²) in [6.45, 7) is 0. The van der Waals surface area contributed by atoms with Crippen LogP contribution in [0, 0.1) is 0 Å². The molecule has 0 radical (unpaired) electrons. The van der Waals surface area contributed by atoms with Gasteiger partial charge in [0.1, 0.15) is 5.75 Å². The van der Waals surface area contributed by atoms with Crippen molar-refractivity contribution in [2.24, 2.45) is 0 Å². The monoisotopic (exact) mass is 357 g/mol. The number of rotatable bonds is 2. The van der Waals surface area contributed by atoms with Crippen molar-refractivity contribution in [3.8, 4) is 5.75 Å². The van der Waals surface area contributed by atoms with Crippen LogP contribution in [0.5, 0.6) is 5.75 Å². The molecule has 2 N–H and O–H groups in total. The lowest BCUT2D eigenvalue weighted by molar-refractivity contribution is -0.131. The van der Waals surface area contributed by atoms with Crippen LogP contribution in [0.25, 0.3) is 10.8 Å². The lowest BCUT2D eigenvalue weighted by atomic mass is 10.1. The van der Waals surface area contributed by atoms with E-state index in [1.54, 1.807) is 12.1 Å². The number of carbonyl (C=O) groups excluding carboxylic acids is 1. The van der Waals surface area contributed by atoms with E-state index in [1.807, 2.05) is 24.3 Å². The van der Waals surface area contributed by atoms with Gasteiger partial charge in [-0.2, -0.15) is 0 Å². The first-order valence-electron chi connectivity index (χ1n) is 4.86. The van der Waals surface area contributed by atoms with E-state index in [1.165, 1.54) is 0 Å². The maximum atomic E-state index is 11.4. The summed E-state index contributed by atoms with van der Waals surface area (Å²) in [5.74, 6) is 0.0229. The van der Waals surface area contributed by atoms with Crippen LogP contribution in [-0.4, -0.2) is 9.71 Å². The molecule has 0 aliphatic heterocycles. The number of ether oxygens (including phenoxy) is 1. The summed E-state index contributed by atoms with van der Waals surface area (Å²) in [6, 6.07) is 11.1. The third-order valence-corrected chi connectivity index (χ3v) is 3.01. The van der Waals surface area contributed by atoms with Crippen LogP contribution in [0.4, 0.5) is 5.69 Å². The normalized spacial score (nSPS) is 10.8. The van der Waals surface area contributed by atoms with Gasteiger partial charge in [0.2, 0.25) is 0 Å². The zero-order chi connectivity index (χ0) is 12.4. The average Bonchev–Trinajstić information content (AvgIpc) is 2.29. The van der Waals surface area contributed by atoms with E-state index in [0.29, 0.717) is 11.4 Å². The minimum atomic E-state index is -0.525. The second-order valence-electron chi connectivity index (χ2n) is 3.46. The molecule has 0 aliphatic carbocycles. The van der Waals surface area contributed by atoms with Crippen molar-refractivity contribution in [3.05, 3.63) is 36.4 Å². The van der Waals surface area contributed by atoms with Gasteiger partial charge in [0.05, 0.1) is 0 Å². The minimum Gasteiger partial charge on any atom is -0.425 e. The van der Waals surface area contributed by atoms with Crippen molar-refractivity contribution in [3.63, 3.8) is 0 Å². The van der Waals surface area contributed by atoms with Crippen LogP contribution in [0.1, 0.15) is 0 Å². The van der Waals surface area contributed by atoms with Crippen LogP contribution in [0.2, 0.25) is 0 Å². The molecule has 0 aromatic heterocycles. The zero-order valence-electron chi connectivity index (χ0n) is 8.69. The summed E-state index contributed by atoms with van der Waals surface area (Å²) >= 11 is 6.15. The molecule has 0 saturated carbocycles. The first-order valence-corrected chi connectivity index (χ1v) is 6.69. The van der Waals surface area contributed by atoms with Gasteiger partial charge in [0.25, 0.3) is 0 Å². The van der Waals surface area contributed by atoms with Crippen molar-refractivity contribution >= 4 is 54.3 Å². The number of hydrogen-bond donors (Lipinski definition) is 1. The average molecular weight is 359 g/mol. The topological polar surface area (TPSA) is 52.3 Å². The molecular formula is C12H9Br2NO2. The molecule has 17 heavy (non-hydrogen) atoms. The lowest BCUT2D eigenvalue weighted by Crippen LogP contribution is -2.14. The summed E-state index contributed by atoms with van der Waals surface area (Å²) in [5, 5.41) is 1.89. The molecule has 0 spiro atoms. The Hall–Kier alpha value is -1.07. The number of nitrogen functional groups attached to an aromatic ring is 1. The van der Waals surface area contributed by atoms with Crippen LogP contribution < -0.4 is 10.5 Å². The van der Waals surface area contributed by atoms with Crippen LogP contribution in [0.15, 0.2) is 36.4 Å². The highest BCUT2D eigenvalue weighted by Gasteiger charge is 2.13. The number of hydrogen-bond acceptors (Lipinski definition) is 3. The van der Waals surface area contributed by atoms with Gasteiger partial charge in [0, 0.05) is 17.1 Å². The molecule has 0 atom stereocenters. The molecule has 0 heterocycles. The number of halogens is 2. The van der Waals surface area contributed by atoms with Crippen LogP contribution >= 0.6 is 31.9 Å². The number of benzene rings is 2. The number of nitrogens with two attached hydrogens (primary N) is 1. The molecule has 0 saturated heterocycles. The molecule has 0 fully saturated rings. The maximum absolute atomic E-state index is 11.4. The molecule has 0 amide bonds. The summed E-state index contributed by atoms with van der Waals surface area (Å²) in [6.07, 6.45) is 0. The highest BCUT2D eigenvalue weighted by atomic mass is 79.9. The van der Waals surface area contributed by atoms with Crippen molar-refractivity contribution < 1.29 is 9.53 Å². The molecule has 0 unspecified atom stereocenters. The molecule has 0 aliphatic rings. The fraction of sp³-hybridized carbons (Fsp3) is 0.0833. The molecule has 2 rings (SSSR count). The number of alkyl halides is 2. The number of fused-ring (bicyclic) bond motifs is 1. The van der Waals surface area contributed by atoms with Gasteiger partial charge in [-0.25, -0.2) is 4.79 Å². The summed E-state index contributed by atoms with van der Waals surface area (Å²) < 4.78 is 4.63. The first kappa shape index (κ1) is 12.4. The van der Waals surface area contributed by atoms with Crippen LogP contribution in [0.3, 0.4) is 0 Å². The van der Waals surface area contributed by atoms with Gasteiger partial charge in [-0.15, -0.1) is 0 Å². The molecule has 5 heteroatoms. The van der Waals surface area contributed by atoms with Gasteiger partial charge >= 0.3 is 5.97 Å². The largest absolute Gasteiger partial charge is 0.425 e. The van der Waals surface area contributed by atoms with E-state index in [-0.39, 0.29) is 0 Å². The first-order chi connectivity index (χ1) is 8.08. The van der Waals surface area contributed by atoms with Crippen molar-refractivity contribution in [2.45, 2.75) is 3.74 Å². The molecular weight excluding hydrogens is 350 g/mol. The molecule has 2 aromatic carbocycles. The van der Waals surface area contributed by atoms with E-state index in [2.05, 4.69) is 31.9 Å². The Labute approximate surface area is 115 Å². The van der Waals surface area contributed by atoms with Crippen molar-refractivity contribution in [1.29, 1.82) is 0 Å². The Morgan fingerprint density at radius 3 is 2.65 bits per heavy atom. The number of anilines is 1. The predicted molar refractivity (Wildman–Crippen MR) is 75.6 cm³/mol.